The summed E-state index contributed by atoms with van der Waals surface area (Å²) in [5.41, 5.74) is 4.53. The number of aliphatic hydroxyl groups excluding tert-OH is 1. The van der Waals surface area contributed by atoms with E-state index in [1.54, 1.807) is 62.4 Å². The minimum atomic E-state index is -2.06. The van der Waals surface area contributed by atoms with Crippen LogP contribution in [0.3, 0.4) is 0 Å². The molecule has 107 heavy (non-hydrogen) atoms. The number of phenols is 1. The number of anilines is 3. The summed E-state index contributed by atoms with van der Waals surface area (Å²) in [6.45, 7) is 18.4. The van der Waals surface area contributed by atoms with E-state index in [1.807, 2.05) is 47.9 Å². The van der Waals surface area contributed by atoms with Crippen molar-refractivity contribution in [3.05, 3.63) is 121 Å². The lowest BCUT2D eigenvalue weighted by Crippen LogP contribution is -2.54. The molecule has 7 bridgehead atoms. The van der Waals surface area contributed by atoms with E-state index in [-0.39, 0.29) is 99.2 Å². The summed E-state index contributed by atoms with van der Waals surface area (Å²) in [6, 6.07) is 7.17. The van der Waals surface area contributed by atoms with E-state index in [2.05, 4.69) is 36.4 Å². The number of urea groups is 1. The molecule has 0 aliphatic carbocycles. The number of nitrogens with one attached hydrogen (secondary N) is 5. The molecule has 5 aromatic rings. The fourth-order valence-corrected chi connectivity index (χ4v) is 14.8. The smallest absolute Gasteiger partial charge is 0.312 e. The van der Waals surface area contributed by atoms with Crippen LogP contribution in [0, 0.1) is 36.5 Å². The van der Waals surface area contributed by atoms with Crippen LogP contribution in [0.25, 0.3) is 38.7 Å². The molecule has 29 nitrogen and oxygen atoms in total. The molecule has 2 saturated heterocycles. The molecular formula is C78H98N10O19. The normalized spacial score (nSPS) is 25.3. The number of rotatable bonds is 21. The second-order valence-electron chi connectivity index (χ2n) is 29.1. The Bertz CT molecular complexity index is 4560. The molecule has 0 radical (unpaired) electrons. The Labute approximate surface area is 619 Å². The molecule has 1 aromatic heterocycles. The number of benzene rings is 4. The van der Waals surface area contributed by atoms with E-state index < -0.39 is 142 Å². The van der Waals surface area contributed by atoms with Gasteiger partial charge >= 0.3 is 17.8 Å². The molecule has 7 heterocycles. The Hall–Kier alpha value is -10.2. The van der Waals surface area contributed by atoms with Gasteiger partial charge in [-0.05, 0) is 90.6 Å². The van der Waals surface area contributed by atoms with Crippen LogP contribution in [-0.4, -0.2) is 168 Å². The van der Waals surface area contributed by atoms with Gasteiger partial charge in [-0.1, -0.05) is 78.3 Å². The fourth-order valence-electron chi connectivity index (χ4n) is 14.8. The first-order valence-corrected chi connectivity index (χ1v) is 36.4. The maximum Gasteiger partial charge on any atom is 0.312 e. The number of piperidine rings is 1. The van der Waals surface area contributed by atoms with Crippen molar-refractivity contribution in [1.29, 1.82) is 0 Å². The monoisotopic (exact) mass is 1480 g/mol. The van der Waals surface area contributed by atoms with Gasteiger partial charge in [-0.25, -0.2) is 9.78 Å². The summed E-state index contributed by atoms with van der Waals surface area (Å²) in [4.78, 5) is 145. The molecule has 2 fully saturated rings. The molecule has 0 spiro atoms. The van der Waals surface area contributed by atoms with Crippen molar-refractivity contribution in [1.82, 2.24) is 30.7 Å². The number of aromatic nitrogens is 1. The first-order valence-electron chi connectivity index (χ1n) is 36.4. The third kappa shape index (κ3) is 17.4. The predicted molar refractivity (Wildman–Crippen MR) is 399 cm³/mol. The maximum absolute atomic E-state index is 15.3. The number of phenolic OH excluding ortho intramolecular Hbond substituents is 1. The average Bonchev–Trinajstić information content (AvgIpc) is 1.64. The van der Waals surface area contributed by atoms with Crippen molar-refractivity contribution in [2.24, 2.45) is 35.3 Å². The third-order valence-corrected chi connectivity index (χ3v) is 21.0. The number of methoxy groups -OCH3 is 1. The van der Waals surface area contributed by atoms with Crippen molar-refractivity contribution in [3.63, 3.8) is 0 Å². The number of carbonyl (C=O) groups is 8. The molecule has 12 atom stereocenters. The fraction of sp³-hybridized carbons (Fsp3) is 0.500. The number of aliphatic hydroxyl groups is 1. The number of primary amides is 1. The number of ether oxygens (including phenoxy) is 6. The number of unbranched alkanes of at least 4 members (excludes halogenated alkanes) is 2. The number of nitrogens with zero attached hydrogens (tertiary/aromatic N) is 4. The lowest BCUT2D eigenvalue weighted by molar-refractivity contribution is -0.293. The third-order valence-electron chi connectivity index (χ3n) is 21.0. The highest BCUT2D eigenvalue weighted by molar-refractivity contribution is 6.17. The number of aromatic hydroxyl groups is 1. The summed E-state index contributed by atoms with van der Waals surface area (Å²) in [5.74, 6) is -9.51. The van der Waals surface area contributed by atoms with E-state index in [1.165, 1.54) is 59.3 Å². The minimum absolute atomic E-state index is 0.00861. The Morgan fingerprint density at radius 1 is 0.850 bits per heavy atom. The second-order valence-corrected chi connectivity index (χ2v) is 29.1. The summed E-state index contributed by atoms with van der Waals surface area (Å²) in [5, 5.41) is 37.8. The number of carbonyl (C=O) groups excluding carboxylic acids is 8. The first-order chi connectivity index (χ1) is 50.8. The second kappa shape index (κ2) is 33.7. The first kappa shape index (κ1) is 79.3. The van der Waals surface area contributed by atoms with Crippen molar-refractivity contribution in [3.8, 4) is 11.5 Å². The van der Waals surface area contributed by atoms with Crippen LogP contribution in [0.4, 0.5) is 21.9 Å². The predicted octanol–water partition coefficient (Wildman–Crippen LogP) is 7.35. The van der Waals surface area contributed by atoms with Gasteiger partial charge in [0.05, 0.1) is 35.2 Å². The molecule has 6 aliphatic heterocycles. The lowest BCUT2D eigenvalue weighted by Gasteiger charge is -2.47. The van der Waals surface area contributed by atoms with Gasteiger partial charge < -0.3 is 85.2 Å². The summed E-state index contributed by atoms with van der Waals surface area (Å²) >= 11 is 0. The average molecular weight is 1480 g/mol. The van der Waals surface area contributed by atoms with Crippen LogP contribution in [0.15, 0.2) is 98.7 Å². The lowest BCUT2D eigenvalue weighted by atomic mass is 9.77. The highest BCUT2D eigenvalue weighted by Gasteiger charge is 2.48. The highest BCUT2D eigenvalue weighted by atomic mass is 16.7. The molecule has 0 saturated carbocycles. The van der Waals surface area contributed by atoms with Crippen LogP contribution in [0.1, 0.15) is 131 Å². The number of amides is 8. The van der Waals surface area contributed by atoms with Crippen molar-refractivity contribution in [2.75, 3.05) is 62.9 Å². The van der Waals surface area contributed by atoms with Crippen LogP contribution in [-0.2, 0) is 57.2 Å². The largest absolute Gasteiger partial charge is 0.507 e. The van der Waals surface area contributed by atoms with Crippen LogP contribution >= 0.6 is 0 Å². The van der Waals surface area contributed by atoms with E-state index in [0.717, 1.165) is 17.7 Å². The summed E-state index contributed by atoms with van der Waals surface area (Å²) in [6.07, 6.45) is 9.56. The van der Waals surface area contributed by atoms with Gasteiger partial charge in [0, 0.05) is 141 Å². The minimum Gasteiger partial charge on any atom is -0.507 e. The molecule has 29 heteroatoms. The number of fused-ring (bicyclic) bond motifs is 10. The van der Waals surface area contributed by atoms with Gasteiger partial charge in [-0.2, -0.15) is 0 Å². The zero-order chi connectivity index (χ0) is 77.6. The zero-order valence-corrected chi connectivity index (χ0v) is 62.7. The van der Waals surface area contributed by atoms with Gasteiger partial charge in [-0.15, -0.1) is 0 Å². The van der Waals surface area contributed by atoms with Crippen molar-refractivity contribution in [2.45, 2.75) is 175 Å². The SMILES string of the molecule is CO[C@H]1/C=C/O[C@@]2(C)Oc3c(C)c(O)c4c(=O)c(c5oc6cc(N7CCC(N(C)C)CC7)cc(=O)c6nc5c4c3=C2O)NC(=O)/C(C)=C\C=C\[C@H](C)[C@@H]2OC(c3ccc(NC(=O)[C@H](CCCNC(N)=O)NC(=O)[C@@H](NC(=O)CCCCCN4C(=O)C=CC4=O)C(C)C)cc3)O[C@@H]([C@@H](C)[C@H](OC(C)=O)[C@@H]1C)[C@@H]2C. The van der Waals surface area contributed by atoms with Gasteiger partial charge in [0.2, 0.25) is 28.6 Å². The molecule has 4 aromatic carbocycles. The number of hydrogen-bond donors (Lipinski definition) is 8. The zero-order valence-electron chi connectivity index (χ0n) is 62.7. The Balaban J connectivity index is 0.955. The van der Waals surface area contributed by atoms with Crippen LogP contribution in [0.5, 0.6) is 11.5 Å². The standard InChI is InChI=1S/C78H98N10O19/c1-39(2)61(83-55(91)22-15-14-16-33-88-56(92)27-28-57(88)93)75(99)82-51(21-18-32-80-77(79)100)74(98)81-48-25-23-47(24-26-48)76-105-67-40(3)19-17-20-41(4)73(97)85-64-66(95)59-58(63-71(64)104-54-38-50(37-52(90)62(54)84-63)87-34-29-49(30-35-87)86(11)12)60-70(43(6)65(59)94)107-78(10,72(60)96)102-36-31-53(101-13)42(5)68(103-46(9)89)45(8)69(106-76)44(67)7/h17,19-20,23-28,31,36-40,42,44-45,49,51,53,61,67-69,76,94,96H,14-16,18,21-22,29-30,32-35H2,1-13H3,(H,81,98)(H,82,99)(H,83,91)(H,85,97)(H3,79,80,100)/b19-17+,36-31+,41-20-/t40-,42+,44+,45-,51-,53-,61-,67-,68+,69+,76?,78-/m0/s1. The van der Waals surface area contributed by atoms with E-state index >= 15 is 4.79 Å². The number of esters is 1. The Morgan fingerprint density at radius 3 is 2.20 bits per heavy atom. The number of nitrogens with two attached hydrogens (primary N) is 1. The molecular weight excluding hydrogens is 1380 g/mol. The number of hydrogen-bond acceptors (Lipinski definition) is 22. The number of allylic oxidation sites excluding steroid dienone is 2. The quantitative estimate of drug-likeness (QED) is 0.0117. The molecule has 11 rings (SSSR count). The number of imide groups is 1. The summed E-state index contributed by atoms with van der Waals surface area (Å²) < 4.78 is 45.6. The maximum atomic E-state index is 15.3. The van der Waals surface area contributed by atoms with Crippen molar-refractivity contribution >= 4 is 103 Å². The Morgan fingerprint density at radius 2 is 1.54 bits per heavy atom. The van der Waals surface area contributed by atoms with Gasteiger partial charge in [0.1, 0.15) is 40.9 Å². The van der Waals surface area contributed by atoms with E-state index in [9.17, 15) is 53.4 Å². The Kier molecular flexibility index (Phi) is 25.0. The highest BCUT2D eigenvalue weighted by Crippen LogP contribution is 2.45. The van der Waals surface area contributed by atoms with Crippen LogP contribution < -0.4 is 58.0 Å². The van der Waals surface area contributed by atoms with Gasteiger partial charge in [0.15, 0.2) is 28.7 Å². The molecule has 1 unspecified atom stereocenters. The van der Waals surface area contributed by atoms with Gasteiger partial charge in [-0.3, -0.25) is 48.1 Å². The van der Waals surface area contributed by atoms with Crippen LogP contribution in [0.2, 0.25) is 0 Å². The summed E-state index contributed by atoms with van der Waals surface area (Å²) in [7, 11) is 5.52. The van der Waals surface area contributed by atoms with E-state index in [4.69, 9.17) is 43.6 Å². The topological polar surface area (TPSA) is 388 Å². The molecule has 574 valence electrons. The molecule has 8 amide bonds. The van der Waals surface area contributed by atoms with Crippen molar-refractivity contribution < 1.29 is 81.4 Å². The molecule has 6 aliphatic rings. The molecule has 9 N–H and O–H groups in total. The van der Waals surface area contributed by atoms with Gasteiger partial charge in [0.25, 0.3) is 17.7 Å². The van der Waals surface area contributed by atoms with E-state index in [0.29, 0.717) is 55.3 Å².